The third kappa shape index (κ3) is 3.94. The molecule has 0 amide bonds. The zero-order valence-corrected chi connectivity index (χ0v) is 13.1. The lowest BCUT2D eigenvalue weighted by Crippen LogP contribution is -2.37. The van der Waals surface area contributed by atoms with Crippen LogP contribution in [0.4, 0.5) is 23.4 Å². The number of halogens is 4. The molecule has 0 aliphatic carbocycles. The van der Waals surface area contributed by atoms with Gasteiger partial charge in [0, 0.05) is 25.7 Å². The molecule has 0 aromatic carbocycles. The topological polar surface area (TPSA) is 63.9 Å². The summed E-state index contributed by atoms with van der Waals surface area (Å²) in [4.78, 5) is 24.5. The van der Waals surface area contributed by atoms with E-state index in [2.05, 4.69) is 15.0 Å². The minimum atomic E-state index is -4.63. The molecule has 3 heterocycles. The maximum atomic E-state index is 13.7. The molecule has 1 fully saturated rings. The second kappa shape index (κ2) is 6.77. The van der Waals surface area contributed by atoms with E-state index in [1.54, 1.807) is 4.90 Å². The van der Waals surface area contributed by atoms with Crippen LogP contribution in [0.2, 0.25) is 0 Å². The monoisotopic (exact) mass is 357 g/mol. The summed E-state index contributed by atoms with van der Waals surface area (Å²) in [7, 11) is 0. The van der Waals surface area contributed by atoms with Crippen molar-refractivity contribution in [1.29, 1.82) is 0 Å². The van der Waals surface area contributed by atoms with Gasteiger partial charge < -0.3 is 4.90 Å². The van der Waals surface area contributed by atoms with Crippen LogP contribution in [-0.2, 0) is 12.7 Å². The zero-order valence-electron chi connectivity index (χ0n) is 13.1. The highest BCUT2D eigenvalue weighted by Crippen LogP contribution is 2.26. The van der Waals surface area contributed by atoms with Crippen molar-refractivity contribution >= 4 is 5.82 Å². The number of hydrogen-bond acceptors (Lipinski definition) is 5. The molecule has 1 aliphatic rings. The third-order valence-corrected chi connectivity index (χ3v) is 4.19. The highest BCUT2D eigenvalue weighted by atomic mass is 19.4. The third-order valence-electron chi connectivity index (χ3n) is 4.19. The van der Waals surface area contributed by atoms with Gasteiger partial charge in [0.2, 0.25) is 0 Å². The SMILES string of the molecule is O=c1cc(C(F)(F)F)ncn1CC1CCN(c2ncncc2F)CC1. The van der Waals surface area contributed by atoms with Crippen molar-refractivity contribution in [3.05, 3.63) is 46.8 Å². The number of anilines is 1. The second-order valence-electron chi connectivity index (χ2n) is 5.89. The summed E-state index contributed by atoms with van der Waals surface area (Å²) in [6, 6.07) is 0.505. The molecule has 0 spiro atoms. The lowest BCUT2D eigenvalue weighted by molar-refractivity contribution is -0.141. The molecule has 1 aliphatic heterocycles. The van der Waals surface area contributed by atoms with Crippen LogP contribution in [0.15, 0.2) is 29.7 Å². The Morgan fingerprint density at radius 2 is 1.92 bits per heavy atom. The van der Waals surface area contributed by atoms with E-state index < -0.39 is 23.2 Å². The fraction of sp³-hybridized carbons (Fsp3) is 0.467. The van der Waals surface area contributed by atoms with Crippen LogP contribution in [0, 0.1) is 11.7 Å². The van der Waals surface area contributed by atoms with Crippen LogP contribution < -0.4 is 10.5 Å². The van der Waals surface area contributed by atoms with Crippen LogP contribution in [0.3, 0.4) is 0 Å². The molecule has 0 bridgehead atoms. The molecule has 1 saturated heterocycles. The van der Waals surface area contributed by atoms with Crippen LogP contribution in [0.5, 0.6) is 0 Å². The van der Waals surface area contributed by atoms with Gasteiger partial charge in [-0.2, -0.15) is 13.2 Å². The standard InChI is InChI=1S/C15H15F4N5O/c16-11-6-20-8-21-14(11)23-3-1-10(2-4-23)7-24-9-22-12(5-13(24)25)15(17,18)19/h5-6,8-10H,1-4,7H2. The minimum absolute atomic E-state index is 0.0948. The molecule has 25 heavy (non-hydrogen) atoms. The Morgan fingerprint density at radius 3 is 2.52 bits per heavy atom. The predicted molar refractivity (Wildman–Crippen MR) is 80.4 cm³/mol. The molecule has 10 heteroatoms. The Balaban J connectivity index is 1.63. The first kappa shape index (κ1) is 17.3. The number of piperidine rings is 1. The Hall–Kier alpha value is -2.52. The van der Waals surface area contributed by atoms with E-state index in [0.29, 0.717) is 32.0 Å². The molecule has 134 valence electrons. The van der Waals surface area contributed by atoms with E-state index in [1.807, 2.05) is 0 Å². The molecule has 0 saturated carbocycles. The van der Waals surface area contributed by atoms with Crippen LogP contribution in [0.1, 0.15) is 18.5 Å². The van der Waals surface area contributed by atoms with E-state index in [0.717, 1.165) is 12.5 Å². The molecule has 2 aromatic heterocycles. The zero-order chi connectivity index (χ0) is 18.0. The van der Waals surface area contributed by atoms with Gasteiger partial charge in [0.05, 0.1) is 12.5 Å². The van der Waals surface area contributed by atoms with Crippen molar-refractivity contribution in [2.45, 2.75) is 25.6 Å². The molecular weight excluding hydrogens is 342 g/mol. The Bertz CT molecular complexity index is 799. The fourth-order valence-electron chi connectivity index (χ4n) is 2.86. The number of alkyl halides is 3. The summed E-state index contributed by atoms with van der Waals surface area (Å²) >= 11 is 0. The van der Waals surface area contributed by atoms with E-state index in [9.17, 15) is 22.4 Å². The van der Waals surface area contributed by atoms with E-state index in [1.165, 1.54) is 10.9 Å². The Kier molecular flexibility index (Phi) is 4.69. The summed E-state index contributed by atoms with van der Waals surface area (Å²) in [6.07, 6.45) is 0.000419. The quantitative estimate of drug-likeness (QED) is 0.788. The average Bonchev–Trinajstić information content (AvgIpc) is 2.57. The highest BCUT2D eigenvalue weighted by Gasteiger charge is 2.33. The molecule has 0 atom stereocenters. The first-order valence-corrected chi connectivity index (χ1v) is 7.68. The van der Waals surface area contributed by atoms with Crippen molar-refractivity contribution in [3.63, 3.8) is 0 Å². The van der Waals surface area contributed by atoms with Crippen LogP contribution in [0.25, 0.3) is 0 Å². The van der Waals surface area contributed by atoms with Crippen molar-refractivity contribution < 1.29 is 17.6 Å². The summed E-state index contributed by atoms with van der Waals surface area (Å²) in [6.45, 7) is 1.37. The first-order valence-electron chi connectivity index (χ1n) is 7.68. The molecule has 0 unspecified atom stereocenters. The predicted octanol–water partition coefficient (Wildman–Crippen LogP) is 2.11. The van der Waals surface area contributed by atoms with Gasteiger partial charge in [-0.1, -0.05) is 0 Å². The van der Waals surface area contributed by atoms with Crippen molar-refractivity contribution in [3.8, 4) is 0 Å². The van der Waals surface area contributed by atoms with Crippen LogP contribution in [-0.4, -0.2) is 32.6 Å². The number of hydrogen-bond donors (Lipinski definition) is 0. The number of rotatable bonds is 3. The summed E-state index contributed by atoms with van der Waals surface area (Å²) in [5, 5.41) is 0. The largest absolute Gasteiger partial charge is 0.433 e. The molecule has 3 rings (SSSR count). The first-order chi connectivity index (χ1) is 11.8. The van der Waals surface area contributed by atoms with E-state index in [4.69, 9.17) is 0 Å². The van der Waals surface area contributed by atoms with Crippen molar-refractivity contribution in [2.75, 3.05) is 18.0 Å². The summed E-state index contributed by atoms with van der Waals surface area (Å²) < 4.78 is 52.5. The summed E-state index contributed by atoms with van der Waals surface area (Å²) in [5.41, 5.74) is -1.92. The van der Waals surface area contributed by atoms with Gasteiger partial charge in [0.1, 0.15) is 6.33 Å². The maximum Gasteiger partial charge on any atom is 0.433 e. The fourth-order valence-corrected chi connectivity index (χ4v) is 2.86. The minimum Gasteiger partial charge on any atom is -0.354 e. The highest BCUT2D eigenvalue weighted by molar-refractivity contribution is 5.38. The maximum absolute atomic E-state index is 13.7. The van der Waals surface area contributed by atoms with Crippen molar-refractivity contribution in [1.82, 2.24) is 19.5 Å². The second-order valence-corrected chi connectivity index (χ2v) is 5.89. The lowest BCUT2D eigenvalue weighted by atomic mass is 9.96. The molecule has 0 N–H and O–H groups in total. The molecule has 2 aromatic rings. The van der Waals surface area contributed by atoms with Gasteiger partial charge >= 0.3 is 6.18 Å². The Morgan fingerprint density at radius 1 is 1.20 bits per heavy atom. The van der Waals surface area contributed by atoms with E-state index in [-0.39, 0.29) is 18.3 Å². The van der Waals surface area contributed by atoms with Gasteiger partial charge in [-0.3, -0.25) is 9.36 Å². The summed E-state index contributed by atoms with van der Waals surface area (Å²) in [5.74, 6) is -0.164. The molecule has 6 nitrogen and oxygen atoms in total. The molecular formula is C15H15F4N5O. The van der Waals surface area contributed by atoms with Gasteiger partial charge in [-0.25, -0.2) is 19.3 Å². The number of aromatic nitrogens is 4. The average molecular weight is 357 g/mol. The van der Waals surface area contributed by atoms with E-state index >= 15 is 0 Å². The van der Waals surface area contributed by atoms with Gasteiger partial charge in [-0.15, -0.1) is 0 Å². The van der Waals surface area contributed by atoms with Gasteiger partial charge in [0.25, 0.3) is 5.56 Å². The normalized spacial score (nSPS) is 16.2. The van der Waals surface area contributed by atoms with Gasteiger partial charge in [0.15, 0.2) is 17.3 Å². The lowest BCUT2D eigenvalue weighted by Gasteiger charge is -2.32. The van der Waals surface area contributed by atoms with Crippen LogP contribution >= 0.6 is 0 Å². The number of nitrogens with zero attached hydrogens (tertiary/aromatic N) is 5. The smallest absolute Gasteiger partial charge is 0.354 e. The van der Waals surface area contributed by atoms with Crippen molar-refractivity contribution in [2.24, 2.45) is 5.92 Å². The molecule has 0 radical (unpaired) electrons. The van der Waals surface area contributed by atoms with Gasteiger partial charge in [-0.05, 0) is 18.8 Å². The Labute approximate surface area is 140 Å².